The van der Waals surface area contributed by atoms with Gasteiger partial charge in [0.2, 0.25) is 0 Å². The highest BCUT2D eigenvalue weighted by molar-refractivity contribution is 5.82. The average molecular weight is 154 g/mol. The molecule has 0 radical (unpaired) electrons. The first-order chi connectivity index (χ1) is 5.27. The molecular weight excluding hydrogens is 140 g/mol. The minimum atomic E-state index is 0.168. The maximum Gasteiger partial charge on any atom is 0.141 e. The molecule has 11 heavy (non-hydrogen) atoms. The van der Waals surface area contributed by atoms with E-state index in [4.69, 9.17) is 4.74 Å². The van der Waals surface area contributed by atoms with E-state index in [0.717, 1.165) is 12.8 Å². The van der Waals surface area contributed by atoms with Gasteiger partial charge in [-0.25, -0.2) is 0 Å². The second-order valence-electron chi connectivity index (χ2n) is 3.69. The Labute approximate surface area is 66.9 Å². The minimum absolute atomic E-state index is 0.168. The average Bonchev–Trinajstić information content (AvgIpc) is 2.34. The summed E-state index contributed by atoms with van der Waals surface area (Å²) in [5.41, 5.74) is 0. The fourth-order valence-corrected chi connectivity index (χ4v) is 2.24. The predicted molar refractivity (Wildman–Crippen MR) is 41.3 cm³/mol. The van der Waals surface area contributed by atoms with Crippen molar-refractivity contribution in [2.75, 3.05) is 0 Å². The molecule has 0 N–H and O–H groups in total. The first-order valence-electron chi connectivity index (χ1n) is 4.45. The maximum atomic E-state index is 11.4. The van der Waals surface area contributed by atoms with Crippen molar-refractivity contribution in [1.29, 1.82) is 0 Å². The highest BCUT2D eigenvalue weighted by Crippen LogP contribution is 2.34. The van der Waals surface area contributed by atoms with E-state index < -0.39 is 0 Å². The zero-order chi connectivity index (χ0) is 7.84. The van der Waals surface area contributed by atoms with E-state index in [1.807, 2.05) is 6.92 Å². The predicted octanol–water partition coefficient (Wildman–Crippen LogP) is 1.53. The summed E-state index contributed by atoms with van der Waals surface area (Å²) in [6.45, 7) is 1.99. The Morgan fingerprint density at radius 1 is 1.45 bits per heavy atom. The molecule has 0 spiro atoms. The quantitative estimate of drug-likeness (QED) is 0.529. The van der Waals surface area contributed by atoms with E-state index in [0.29, 0.717) is 12.2 Å². The molecule has 1 aliphatic heterocycles. The van der Waals surface area contributed by atoms with Gasteiger partial charge in [0.05, 0.1) is 12.2 Å². The molecule has 1 saturated carbocycles. The lowest BCUT2D eigenvalue weighted by Crippen LogP contribution is -2.36. The van der Waals surface area contributed by atoms with Gasteiger partial charge in [0, 0.05) is 12.3 Å². The van der Waals surface area contributed by atoms with Crippen LogP contribution >= 0.6 is 0 Å². The molecule has 0 bridgehead atoms. The molecule has 62 valence electrons. The Hall–Kier alpha value is -0.370. The molecular formula is C9H14O2. The van der Waals surface area contributed by atoms with Gasteiger partial charge in [-0.3, -0.25) is 4.79 Å². The summed E-state index contributed by atoms with van der Waals surface area (Å²) in [5.74, 6) is 0.692. The van der Waals surface area contributed by atoms with Crippen molar-refractivity contribution in [3.8, 4) is 0 Å². The topological polar surface area (TPSA) is 26.3 Å². The number of rotatable bonds is 0. The van der Waals surface area contributed by atoms with Gasteiger partial charge in [-0.1, -0.05) is 6.42 Å². The van der Waals surface area contributed by atoms with Crippen LogP contribution in [0.2, 0.25) is 0 Å². The van der Waals surface area contributed by atoms with E-state index in [1.54, 1.807) is 0 Å². The van der Waals surface area contributed by atoms with Crippen LogP contribution in [0.15, 0.2) is 0 Å². The molecule has 1 saturated heterocycles. The van der Waals surface area contributed by atoms with Crippen molar-refractivity contribution in [3.63, 3.8) is 0 Å². The molecule has 0 aromatic rings. The summed E-state index contributed by atoms with van der Waals surface area (Å²) in [4.78, 5) is 11.4. The molecule has 3 atom stereocenters. The molecule has 1 aliphatic carbocycles. The third kappa shape index (κ3) is 1.20. The van der Waals surface area contributed by atoms with Gasteiger partial charge in [-0.2, -0.15) is 0 Å². The SMILES string of the molecule is CC1CC(=O)C2CCCC2O1. The van der Waals surface area contributed by atoms with Crippen LogP contribution in [0.4, 0.5) is 0 Å². The van der Waals surface area contributed by atoms with Gasteiger partial charge in [0.25, 0.3) is 0 Å². The Morgan fingerprint density at radius 3 is 3.09 bits per heavy atom. The zero-order valence-corrected chi connectivity index (χ0v) is 6.88. The summed E-state index contributed by atoms with van der Waals surface area (Å²) in [6.07, 6.45) is 4.42. The summed E-state index contributed by atoms with van der Waals surface area (Å²) in [7, 11) is 0. The van der Waals surface area contributed by atoms with Gasteiger partial charge in [-0.15, -0.1) is 0 Å². The van der Waals surface area contributed by atoms with E-state index in [9.17, 15) is 4.79 Å². The van der Waals surface area contributed by atoms with Crippen molar-refractivity contribution in [1.82, 2.24) is 0 Å². The lowest BCUT2D eigenvalue weighted by molar-refractivity contribution is -0.141. The Morgan fingerprint density at radius 2 is 2.27 bits per heavy atom. The highest BCUT2D eigenvalue weighted by atomic mass is 16.5. The van der Waals surface area contributed by atoms with Gasteiger partial charge >= 0.3 is 0 Å². The second-order valence-corrected chi connectivity index (χ2v) is 3.69. The molecule has 2 aliphatic rings. The molecule has 1 heterocycles. The number of ether oxygens (including phenoxy) is 1. The summed E-state index contributed by atoms with van der Waals surface area (Å²) in [5, 5.41) is 0. The third-order valence-electron chi connectivity index (χ3n) is 2.76. The molecule has 2 rings (SSSR count). The monoisotopic (exact) mass is 154 g/mol. The number of hydrogen-bond donors (Lipinski definition) is 0. The second kappa shape index (κ2) is 2.59. The van der Waals surface area contributed by atoms with Crippen molar-refractivity contribution < 1.29 is 9.53 Å². The summed E-state index contributed by atoms with van der Waals surface area (Å²) < 4.78 is 5.66. The molecule has 3 unspecified atom stereocenters. The first-order valence-corrected chi connectivity index (χ1v) is 4.45. The number of carbonyl (C=O) groups excluding carboxylic acids is 1. The molecule has 2 heteroatoms. The van der Waals surface area contributed by atoms with Crippen LogP contribution < -0.4 is 0 Å². The number of fused-ring (bicyclic) bond motifs is 1. The normalized spacial score (nSPS) is 44.1. The fraction of sp³-hybridized carbons (Fsp3) is 0.889. The van der Waals surface area contributed by atoms with Gasteiger partial charge < -0.3 is 4.74 Å². The molecule has 2 nitrogen and oxygen atoms in total. The van der Waals surface area contributed by atoms with Crippen molar-refractivity contribution in [2.24, 2.45) is 5.92 Å². The lowest BCUT2D eigenvalue weighted by Gasteiger charge is -2.29. The summed E-state index contributed by atoms with van der Waals surface area (Å²) >= 11 is 0. The van der Waals surface area contributed by atoms with E-state index >= 15 is 0 Å². The molecule has 0 aromatic heterocycles. The summed E-state index contributed by atoms with van der Waals surface area (Å²) in [6, 6.07) is 0. The van der Waals surface area contributed by atoms with Crippen LogP contribution in [-0.4, -0.2) is 18.0 Å². The van der Waals surface area contributed by atoms with Crippen LogP contribution in [-0.2, 0) is 9.53 Å². The number of ketones is 1. The van der Waals surface area contributed by atoms with Gasteiger partial charge in [0.1, 0.15) is 5.78 Å². The first kappa shape index (κ1) is 7.29. The number of hydrogen-bond acceptors (Lipinski definition) is 2. The fourth-order valence-electron chi connectivity index (χ4n) is 2.24. The van der Waals surface area contributed by atoms with Crippen LogP contribution in [0.25, 0.3) is 0 Å². The zero-order valence-electron chi connectivity index (χ0n) is 6.88. The van der Waals surface area contributed by atoms with E-state index in [-0.39, 0.29) is 18.1 Å². The molecule has 2 fully saturated rings. The molecule has 0 aromatic carbocycles. The van der Waals surface area contributed by atoms with Crippen LogP contribution in [0.5, 0.6) is 0 Å². The number of Topliss-reactive ketones (excluding diaryl/α,β-unsaturated/α-hetero) is 1. The Balaban J connectivity index is 2.10. The van der Waals surface area contributed by atoms with Crippen LogP contribution in [0.3, 0.4) is 0 Å². The largest absolute Gasteiger partial charge is 0.374 e. The highest BCUT2D eigenvalue weighted by Gasteiger charge is 2.38. The maximum absolute atomic E-state index is 11.4. The van der Waals surface area contributed by atoms with Crippen molar-refractivity contribution >= 4 is 5.78 Å². The molecule has 0 amide bonds. The van der Waals surface area contributed by atoms with Crippen molar-refractivity contribution in [3.05, 3.63) is 0 Å². The minimum Gasteiger partial charge on any atom is -0.374 e. The van der Waals surface area contributed by atoms with Gasteiger partial charge in [0.15, 0.2) is 0 Å². The standard InChI is InChI=1S/C9H14O2/c1-6-5-8(10)7-3-2-4-9(7)11-6/h6-7,9H,2-5H2,1H3. The smallest absolute Gasteiger partial charge is 0.141 e. The lowest BCUT2D eigenvalue weighted by atomic mass is 9.93. The van der Waals surface area contributed by atoms with Crippen LogP contribution in [0, 0.1) is 5.92 Å². The van der Waals surface area contributed by atoms with Gasteiger partial charge in [-0.05, 0) is 19.8 Å². The van der Waals surface area contributed by atoms with Crippen LogP contribution in [0.1, 0.15) is 32.6 Å². The Kier molecular flexibility index (Phi) is 1.72. The van der Waals surface area contributed by atoms with E-state index in [1.165, 1.54) is 6.42 Å². The number of carbonyl (C=O) groups is 1. The van der Waals surface area contributed by atoms with Crippen molar-refractivity contribution in [2.45, 2.75) is 44.8 Å². The third-order valence-corrected chi connectivity index (χ3v) is 2.76. The van der Waals surface area contributed by atoms with E-state index in [2.05, 4.69) is 0 Å². The Bertz CT molecular complexity index is 176.